The highest BCUT2D eigenvalue weighted by atomic mass is 35.5. The zero-order valence-electron chi connectivity index (χ0n) is 19.0. The minimum atomic E-state index is -0.829. The van der Waals surface area contributed by atoms with Crippen molar-refractivity contribution in [1.29, 1.82) is 0 Å². The maximum absolute atomic E-state index is 14.4. The van der Waals surface area contributed by atoms with Gasteiger partial charge >= 0.3 is 6.09 Å². The molecular weight excluding hydrogens is 496 g/mol. The van der Waals surface area contributed by atoms with E-state index in [0.717, 1.165) is 21.8 Å². The van der Waals surface area contributed by atoms with Gasteiger partial charge in [-0.3, -0.25) is 0 Å². The van der Waals surface area contributed by atoms with Gasteiger partial charge in [-0.1, -0.05) is 18.2 Å². The minimum absolute atomic E-state index is 0.0516. The van der Waals surface area contributed by atoms with E-state index in [4.69, 9.17) is 26.8 Å². The number of halogens is 3. The van der Waals surface area contributed by atoms with Gasteiger partial charge in [0.15, 0.2) is 5.82 Å². The third kappa shape index (κ3) is 5.86. The Morgan fingerprint density at radius 2 is 1.97 bits per heavy atom. The molecule has 0 spiro atoms. The number of thiophene rings is 1. The van der Waals surface area contributed by atoms with Crippen molar-refractivity contribution in [3.8, 4) is 27.4 Å². The molecule has 182 valence electrons. The number of ether oxygens (including phenoxy) is 2. The number of rotatable bonds is 8. The lowest BCUT2D eigenvalue weighted by molar-refractivity contribution is 0.0349. The van der Waals surface area contributed by atoms with Gasteiger partial charge in [0.1, 0.15) is 22.9 Å². The quantitative estimate of drug-likeness (QED) is 0.201. The topological polar surface area (TPSA) is 87.3 Å². The van der Waals surface area contributed by atoms with Crippen molar-refractivity contribution in [2.45, 2.75) is 32.3 Å². The fourth-order valence-corrected chi connectivity index (χ4v) is 5.06. The Labute approximate surface area is 209 Å². The summed E-state index contributed by atoms with van der Waals surface area (Å²) in [6.07, 6.45) is 1.32. The van der Waals surface area contributed by atoms with Gasteiger partial charge in [-0.2, -0.15) is 0 Å². The molecule has 10 heteroatoms. The number of primary amides is 1. The van der Waals surface area contributed by atoms with Crippen LogP contribution in [0.15, 0.2) is 48.7 Å². The summed E-state index contributed by atoms with van der Waals surface area (Å²) in [6.45, 7) is 3.86. The average molecular weight is 518 g/mol. The van der Waals surface area contributed by atoms with Gasteiger partial charge in [-0.05, 0) is 67.9 Å². The van der Waals surface area contributed by atoms with E-state index in [1.165, 1.54) is 23.5 Å². The molecule has 2 N–H and O–H groups in total. The first-order chi connectivity index (χ1) is 16.6. The number of nitrogens with zero attached hydrogens (tertiary/aromatic N) is 2. The molecule has 4 rings (SSSR count). The zero-order chi connectivity index (χ0) is 25.2. The van der Waals surface area contributed by atoms with Crippen LogP contribution >= 0.6 is 22.9 Å². The molecule has 0 atom stereocenters. The Morgan fingerprint density at radius 1 is 1.17 bits per heavy atom. The van der Waals surface area contributed by atoms with Crippen molar-refractivity contribution in [3.63, 3.8) is 0 Å². The molecule has 0 aliphatic rings. The molecule has 0 radical (unpaired) electrons. The Balaban J connectivity index is 1.64. The van der Waals surface area contributed by atoms with Crippen LogP contribution in [0.25, 0.3) is 31.8 Å². The molecule has 2 aromatic carbocycles. The molecule has 4 aromatic rings. The van der Waals surface area contributed by atoms with E-state index in [0.29, 0.717) is 35.6 Å². The van der Waals surface area contributed by atoms with Gasteiger partial charge in [0.2, 0.25) is 5.28 Å². The molecule has 6 nitrogen and oxygen atoms in total. The molecule has 0 saturated heterocycles. The van der Waals surface area contributed by atoms with Crippen LogP contribution < -0.4 is 10.5 Å². The van der Waals surface area contributed by atoms with Gasteiger partial charge in [0.05, 0.1) is 17.7 Å². The lowest BCUT2D eigenvalue weighted by Gasteiger charge is -2.23. The van der Waals surface area contributed by atoms with Crippen LogP contribution in [0.4, 0.5) is 13.6 Å². The van der Waals surface area contributed by atoms with E-state index >= 15 is 0 Å². The molecule has 0 fully saturated rings. The molecule has 2 aromatic heterocycles. The van der Waals surface area contributed by atoms with E-state index in [2.05, 4.69) is 9.97 Å². The minimum Gasteiger partial charge on any atom is -0.493 e. The van der Waals surface area contributed by atoms with Crippen molar-refractivity contribution < 1.29 is 23.0 Å². The van der Waals surface area contributed by atoms with Gasteiger partial charge in [0, 0.05) is 15.8 Å². The van der Waals surface area contributed by atoms with Crippen molar-refractivity contribution >= 4 is 39.1 Å². The third-order valence-corrected chi connectivity index (χ3v) is 6.65. The lowest BCUT2D eigenvalue weighted by Crippen LogP contribution is -2.31. The predicted octanol–water partition coefficient (Wildman–Crippen LogP) is 6.99. The van der Waals surface area contributed by atoms with Crippen molar-refractivity contribution in [2.75, 3.05) is 6.61 Å². The molecule has 2 heterocycles. The molecule has 0 aliphatic heterocycles. The van der Waals surface area contributed by atoms with E-state index in [9.17, 15) is 13.6 Å². The number of hydrogen-bond donors (Lipinski definition) is 1. The zero-order valence-corrected chi connectivity index (χ0v) is 20.6. The van der Waals surface area contributed by atoms with Crippen LogP contribution in [0.3, 0.4) is 0 Å². The van der Waals surface area contributed by atoms with Crippen LogP contribution in [0.1, 0.15) is 26.7 Å². The summed E-state index contributed by atoms with van der Waals surface area (Å²) in [5.74, 6) is -0.495. The Hall–Kier alpha value is -3.30. The summed E-state index contributed by atoms with van der Waals surface area (Å²) in [6, 6.07) is 11.7. The SMILES string of the molecule is CC(C)(CCCOc1ccc(F)cc1-c1cccc2cc(-c3nc(Cl)ncc3F)sc12)OC(N)=O. The maximum Gasteiger partial charge on any atom is 0.405 e. The summed E-state index contributed by atoms with van der Waals surface area (Å²) in [7, 11) is 0. The normalized spacial score (nSPS) is 11.6. The highest BCUT2D eigenvalue weighted by Gasteiger charge is 2.21. The predicted molar refractivity (Wildman–Crippen MR) is 133 cm³/mol. The first-order valence-corrected chi connectivity index (χ1v) is 11.9. The second kappa shape index (κ2) is 10.1. The first kappa shape index (κ1) is 24.8. The van der Waals surface area contributed by atoms with Gasteiger partial charge in [0.25, 0.3) is 0 Å². The number of carbonyl (C=O) groups excluding carboxylic acids is 1. The largest absolute Gasteiger partial charge is 0.493 e. The summed E-state index contributed by atoms with van der Waals surface area (Å²) >= 11 is 7.19. The van der Waals surface area contributed by atoms with Gasteiger partial charge in [-0.15, -0.1) is 11.3 Å². The molecule has 0 aliphatic carbocycles. The number of hydrogen-bond acceptors (Lipinski definition) is 6. The number of nitrogens with two attached hydrogens (primary N) is 1. The number of amides is 1. The highest BCUT2D eigenvalue weighted by Crippen LogP contribution is 2.42. The van der Waals surface area contributed by atoms with Crippen LogP contribution in [0.2, 0.25) is 5.28 Å². The molecule has 0 unspecified atom stereocenters. The second-order valence-corrected chi connectivity index (χ2v) is 9.83. The number of benzene rings is 2. The van der Waals surface area contributed by atoms with Crippen molar-refractivity contribution in [3.05, 3.63) is 65.6 Å². The second-order valence-electron chi connectivity index (χ2n) is 8.44. The Kier molecular flexibility index (Phi) is 7.18. The smallest absolute Gasteiger partial charge is 0.405 e. The summed E-state index contributed by atoms with van der Waals surface area (Å²) < 4.78 is 40.5. The summed E-state index contributed by atoms with van der Waals surface area (Å²) in [4.78, 5) is 19.3. The highest BCUT2D eigenvalue weighted by molar-refractivity contribution is 7.22. The molecule has 0 saturated carbocycles. The van der Waals surface area contributed by atoms with Crippen LogP contribution in [-0.4, -0.2) is 28.3 Å². The van der Waals surface area contributed by atoms with E-state index in [-0.39, 0.29) is 11.0 Å². The Morgan fingerprint density at radius 3 is 2.74 bits per heavy atom. The fraction of sp³-hybridized carbons (Fsp3) is 0.240. The third-order valence-electron chi connectivity index (χ3n) is 5.28. The molecule has 0 bridgehead atoms. The molecular formula is C25H22ClF2N3O3S. The summed E-state index contributed by atoms with van der Waals surface area (Å²) in [5.41, 5.74) is 5.80. The van der Waals surface area contributed by atoms with E-state index in [1.54, 1.807) is 19.9 Å². The van der Waals surface area contributed by atoms with E-state index in [1.807, 2.05) is 24.3 Å². The number of aromatic nitrogens is 2. The van der Waals surface area contributed by atoms with Gasteiger partial charge < -0.3 is 15.2 Å². The number of carbonyl (C=O) groups is 1. The van der Waals surface area contributed by atoms with Crippen molar-refractivity contribution in [2.24, 2.45) is 5.73 Å². The number of fused-ring (bicyclic) bond motifs is 1. The van der Waals surface area contributed by atoms with Crippen LogP contribution in [0.5, 0.6) is 5.75 Å². The van der Waals surface area contributed by atoms with Crippen LogP contribution in [0, 0.1) is 11.6 Å². The van der Waals surface area contributed by atoms with Crippen LogP contribution in [-0.2, 0) is 4.74 Å². The molecule has 35 heavy (non-hydrogen) atoms. The molecule has 1 amide bonds. The maximum atomic E-state index is 14.4. The van der Waals surface area contributed by atoms with Gasteiger partial charge in [-0.25, -0.2) is 23.5 Å². The first-order valence-electron chi connectivity index (χ1n) is 10.7. The lowest BCUT2D eigenvalue weighted by atomic mass is 10.0. The average Bonchev–Trinajstić information content (AvgIpc) is 3.22. The summed E-state index contributed by atoms with van der Waals surface area (Å²) in [5, 5.41) is 0.793. The monoisotopic (exact) mass is 517 g/mol. The Bertz CT molecular complexity index is 1390. The van der Waals surface area contributed by atoms with Crippen molar-refractivity contribution in [1.82, 2.24) is 9.97 Å². The standard InChI is InChI=1S/C25H22ClF2N3O3S/c1-25(2,34-24(29)32)9-4-10-33-19-8-7-15(27)12-17(19)16-6-3-5-14-11-20(35-22(14)16)21-18(28)13-30-23(26)31-21/h3,5-8,11-13H,4,9-10H2,1-2H3,(H2,29,32). The van der Waals surface area contributed by atoms with E-state index < -0.39 is 23.3 Å². The fourth-order valence-electron chi connectivity index (χ4n) is 3.75.